The molecule has 0 aliphatic rings. The highest BCUT2D eigenvalue weighted by atomic mass is 19.4. The molecule has 2 rings (SSSR count). The van der Waals surface area contributed by atoms with Crippen molar-refractivity contribution in [1.29, 1.82) is 0 Å². The van der Waals surface area contributed by atoms with Crippen LogP contribution >= 0.6 is 0 Å². The summed E-state index contributed by atoms with van der Waals surface area (Å²) in [5, 5.41) is 0. The molecule has 0 atom stereocenters. The predicted molar refractivity (Wildman–Crippen MR) is 76.7 cm³/mol. The number of carbonyl (C=O) groups is 1. The maximum absolute atomic E-state index is 12.6. The van der Waals surface area contributed by atoms with Gasteiger partial charge in [0.1, 0.15) is 0 Å². The van der Waals surface area contributed by atoms with E-state index in [0.717, 1.165) is 5.56 Å². The summed E-state index contributed by atoms with van der Waals surface area (Å²) < 4.78 is 42.1. The highest BCUT2D eigenvalue weighted by Gasteiger charge is 2.37. The standard InChI is InChI=1S/C16H16F3NO2/c1-15(2,3)10-6-4-9(5-7-10)13(21)11-8-12(16(17,18)19)22-14(11)20/h4-8H,20H2,1-3H3. The number of furan rings is 1. The van der Waals surface area contributed by atoms with Crippen molar-refractivity contribution in [2.24, 2.45) is 0 Å². The first kappa shape index (κ1) is 16.1. The molecule has 0 bridgehead atoms. The molecule has 1 aromatic carbocycles. The van der Waals surface area contributed by atoms with Gasteiger partial charge >= 0.3 is 6.18 Å². The van der Waals surface area contributed by atoms with Gasteiger partial charge in [-0.15, -0.1) is 0 Å². The summed E-state index contributed by atoms with van der Waals surface area (Å²) in [6.45, 7) is 6.06. The van der Waals surface area contributed by atoms with Gasteiger partial charge < -0.3 is 10.2 Å². The Morgan fingerprint density at radius 3 is 2.05 bits per heavy atom. The summed E-state index contributed by atoms with van der Waals surface area (Å²) in [7, 11) is 0. The van der Waals surface area contributed by atoms with E-state index in [1.165, 1.54) is 0 Å². The number of ketones is 1. The van der Waals surface area contributed by atoms with E-state index in [9.17, 15) is 18.0 Å². The first-order valence-corrected chi connectivity index (χ1v) is 6.62. The SMILES string of the molecule is CC(C)(C)c1ccc(C(=O)c2cc(C(F)(F)F)oc2N)cc1. The summed E-state index contributed by atoms with van der Waals surface area (Å²) in [5.41, 5.74) is 6.30. The Morgan fingerprint density at radius 2 is 1.64 bits per heavy atom. The quantitative estimate of drug-likeness (QED) is 0.836. The molecular weight excluding hydrogens is 295 g/mol. The molecule has 118 valence electrons. The van der Waals surface area contributed by atoms with Crippen molar-refractivity contribution in [3.05, 3.63) is 52.8 Å². The van der Waals surface area contributed by atoms with Crippen LogP contribution in [0.3, 0.4) is 0 Å². The first-order valence-electron chi connectivity index (χ1n) is 6.62. The second-order valence-electron chi connectivity index (χ2n) is 6.04. The number of rotatable bonds is 2. The average molecular weight is 311 g/mol. The highest BCUT2D eigenvalue weighted by molar-refractivity contribution is 6.11. The Hall–Kier alpha value is -2.24. The maximum Gasteiger partial charge on any atom is 0.449 e. The third-order valence-electron chi connectivity index (χ3n) is 3.30. The minimum atomic E-state index is -4.68. The molecule has 0 saturated carbocycles. The fourth-order valence-electron chi connectivity index (χ4n) is 2.00. The molecule has 22 heavy (non-hydrogen) atoms. The van der Waals surface area contributed by atoms with E-state index < -0.39 is 23.6 Å². The molecule has 3 nitrogen and oxygen atoms in total. The monoisotopic (exact) mass is 311 g/mol. The van der Waals surface area contributed by atoms with Crippen LogP contribution in [0.25, 0.3) is 0 Å². The number of hydrogen-bond donors (Lipinski definition) is 1. The lowest BCUT2D eigenvalue weighted by Gasteiger charge is -2.18. The molecule has 0 spiro atoms. The second-order valence-corrected chi connectivity index (χ2v) is 6.04. The summed E-state index contributed by atoms with van der Waals surface area (Å²) in [6.07, 6.45) is -4.68. The topological polar surface area (TPSA) is 56.2 Å². The van der Waals surface area contributed by atoms with Crippen molar-refractivity contribution in [3.8, 4) is 0 Å². The minimum Gasteiger partial charge on any atom is -0.436 e. The van der Waals surface area contributed by atoms with Gasteiger partial charge in [0.25, 0.3) is 0 Å². The summed E-state index contributed by atoms with van der Waals surface area (Å²) in [6, 6.07) is 7.32. The van der Waals surface area contributed by atoms with Crippen LogP contribution in [0.15, 0.2) is 34.7 Å². The van der Waals surface area contributed by atoms with Gasteiger partial charge in [0, 0.05) is 11.6 Å². The fourth-order valence-corrected chi connectivity index (χ4v) is 2.00. The van der Waals surface area contributed by atoms with E-state index in [4.69, 9.17) is 5.73 Å². The van der Waals surface area contributed by atoms with Gasteiger partial charge in [-0.2, -0.15) is 13.2 Å². The molecule has 0 saturated heterocycles. The Bertz CT molecular complexity index is 692. The summed E-state index contributed by atoms with van der Waals surface area (Å²) in [5.74, 6) is -2.41. The molecule has 6 heteroatoms. The van der Waals surface area contributed by atoms with Crippen molar-refractivity contribution in [2.45, 2.75) is 32.4 Å². The molecule has 0 aliphatic carbocycles. The van der Waals surface area contributed by atoms with Gasteiger partial charge in [-0.3, -0.25) is 4.79 Å². The van der Waals surface area contributed by atoms with Crippen LogP contribution in [0.1, 0.15) is 48.0 Å². The molecule has 0 fully saturated rings. The van der Waals surface area contributed by atoms with Crippen LogP contribution in [-0.4, -0.2) is 5.78 Å². The molecule has 0 radical (unpaired) electrons. The largest absolute Gasteiger partial charge is 0.449 e. The predicted octanol–water partition coefficient (Wildman–Crippen LogP) is 4.41. The van der Waals surface area contributed by atoms with Crippen molar-refractivity contribution >= 4 is 11.7 Å². The van der Waals surface area contributed by atoms with Crippen LogP contribution in [0.2, 0.25) is 0 Å². The smallest absolute Gasteiger partial charge is 0.436 e. The van der Waals surface area contributed by atoms with Crippen LogP contribution < -0.4 is 5.73 Å². The molecule has 2 N–H and O–H groups in total. The van der Waals surface area contributed by atoms with Crippen molar-refractivity contribution in [1.82, 2.24) is 0 Å². The van der Waals surface area contributed by atoms with Crippen molar-refractivity contribution in [3.63, 3.8) is 0 Å². The second kappa shape index (κ2) is 5.19. The molecule has 1 aromatic heterocycles. The van der Waals surface area contributed by atoms with Crippen LogP contribution in [-0.2, 0) is 11.6 Å². The van der Waals surface area contributed by atoms with Gasteiger partial charge in [0.2, 0.25) is 11.6 Å². The lowest BCUT2D eigenvalue weighted by molar-refractivity contribution is -0.152. The number of benzene rings is 1. The van der Waals surface area contributed by atoms with E-state index in [2.05, 4.69) is 4.42 Å². The van der Waals surface area contributed by atoms with Gasteiger partial charge in [0.05, 0.1) is 5.56 Å². The molecule has 0 amide bonds. The summed E-state index contributed by atoms with van der Waals surface area (Å²) >= 11 is 0. The minimum absolute atomic E-state index is 0.0836. The molecular formula is C16H16F3NO2. The number of hydrogen-bond acceptors (Lipinski definition) is 3. The Kier molecular flexibility index (Phi) is 3.81. The Morgan fingerprint density at radius 1 is 1.09 bits per heavy atom. The van der Waals surface area contributed by atoms with E-state index in [1.54, 1.807) is 24.3 Å². The van der Waals surface area contributed by atoms with E-state index >= 15 is 0 Å². The van der Waals surface area contributed by atoms with E-state index in [0.29, 0.717) is 6.07 Å². The van der Waals surface area contributed by atoms with Crippen LogP contribution in [0.4, 0.5) is 19.1 Å². The molecule has 0 aliphatic heterocycles. The van der Waals surface area contributed by atoms with E-state index in [1.807, 2.05) is 20.8 Å². The van der Waals surface area contributed by atoms with Gasteiger partial charge in [-0.05, 0) is 11.0 Å². The van der Waals surface area contributed by atoms with Gasteiger partial charge in [-0.25, -0.2) is 0 Å². The average Bonchev–Trinajstić information content (AvgIpc) is 2.79. The van der Waals surface area contributed by atoms with Crippen molar-refractivity contribution < 1.29 is 22.4 Å². The normalized spacial score (nSPS) is 12.5. The first-order chi connectivity index (χ1) is 10.00. The third kappa shape index (κ3) is 3.16. The van der Waals surface area contributed by atoms with Crippen LogP contribution in [0.5, 0.6) is 0 Å². The molecule has 1 heterocycles. The lowest BCUT2D eigenvalue weighted by Crippen LogP contribution is -2.11. The van der Waals surface area contributed by atoms with E-state index in [-0.39, 0.29) is 16.5 Å². The number of nitrogen functional groups attached to an aromatic ring is 1. The number of halogens is 3. The number of alkyl halides is 3. The highest BCUT2D eigenvalue weighted by Crippen LogP contribution is 2.34. The molecule has 2 aromatic rings. The molecule has 0 unspecified atom stereocenters. The zero-order valence-corrected chi connectivity index (χ0v) is 12.4. The van der Waals surface area contributed by atoms with Gasteiger partial charge in [-0.1, -0.05) is 45.0 Å². The lowest BCUT2D eigenvalue weighted by atomic mass is 9.86. The van der Waals surface area contributed by atoms with Crippen molar-refractivity contribution in [2.75, 3.05) is 5.73 Å². The Labute approximate surface area is 125 Å². The Balaban J connectivity index is 2.35. The number of nitrogens with two attached hydrogens (primary N) is 1. The summed E-state index contributed by atoms with van der Waals surface area (Å²) in [4.78, 5) is 12.3. The maximum atomic E-state index is 12.6. The zero-order valence-electron chi connectivity index (χ0n) is 12.4. The zero-order chi connectivity index (χ0) is 16.7. The van der Waals surface area contributed by atoms with Crippen LogP contribution in [0, 0.1) is 0 Å². The van der Waals surface area contributed by atoms with Gasteiger partial charge in [0.15, 0.2) is 5.78 Å². The fraction of sp³-hybridized carbons (Fsp3) is 0.312. The number of anilines is 1. The number of carbonyl (C=O) groups excluding carboxylic acids is 1. The third-order valence-corrected chi connectivity index (χ3v) is 3.30.